The van der Waals surface area contributed by atoms with Gasteiger partial charge in [0.25, 0.3) is 5.91 Å². The molecule has 5 rings (SSSR count). The van der Waals surface area contributed by atoms with Gasteiger partial charge >= 0.3 is 0 Å². The first-order chi connectivity index (χ1) is 15.2. The second-order valence-corrected chi connectivity index (χ2v) is 8.79. The number of morpholine rings is 1. The molecule has 0 radical (unpaired) electrons. The second kappa shape index (κ2) is 8.77. The number of aromatic nitrogens is 5. The van der Waals surface area contributed by atoms with Crippen molar-refractivity contribution in [3.05, 3.63) is 35.5 Å². The molecule has 1 N–H and O–H groups in total. The molecule has 4 aromatic rings. The van der Waals surface area contributed by atoms with Crippen LogP contribution in [-0.2, 0) is 11.3 Å². The van der Waals surface area contributed by atoms with Crippen molar-refractivity contribution in [2.45, 2.75) is 11.7 Å². The highest BCUT2D eigenvalue weighted by molar-refractivity contribution is 7.98. The van der Waals surface area contributed by atoms with E-state index in [9.17, 15) is 4.79 Å². The Labute approximate surface area is 186 Å². The number of benzene rings is 1. The number of carbonyl (C=O) groups is 1. The molecule has 0 spiro atoms. The lowest BCUT2D eigenvalue weighted by Gasteiger charge is -2.28. The number of hydrogen-bond acceptors (Lipinski definition) is 9. The number of thioether (sulfide) groups is 1. The molecule has 0 aliphatic carbocycles. The number of hydrogen-bond donors (Lipinski definition) is 1. The summed E-state index contributed by atoms with van der Waals surface area (Å²) >= 11 is 2.90. The van der Waals surface area contributed by atoms with Gasteiger partial charge < -0.3 is 15.0 Å². The van der Waals surface area contributed by atoms with E-state index in [0.29, 0.717) is 36.5 Å². The quantitative estimate of drug-likeness (QED) is 0.350. The molecular weight excluding hydrogens is 434 g/mol. The van der Waals surface area contributed by atoms with Gasteiger partial charge in [0.1, 0.15) is 5.82 Å². The summed E-state index contributed by atoms with van der Waals surface area (Å²) in [5.41, 5.74) is 1.61. The third-order valence-corrected chi connectivity index (χ3v) is 6.63. The summed E-state index contributed by atoms with van der Waals surface area (Å²) in [7, 11) is 0. The minimum Gasteiger partial charge on any atom is -0.378 e. The fourth-order valence-corrected chi connectivity index (χ4v) is 4.75. The Morgan fingerprint density at radius 1 is 1.23 bits per heavy atom. The van der Waals surface area contributed by atoms with Crippen molar-refractivity contribution in [2.75, 3.05) is 44.0 Å². The zero-order valence-electron chi connectivity index (χ0n) is 16.9. The number of nitrogens with zero attached hydrogens (tertiary/aromatic N) is 6. The van der Waals surface area contributed by atoms with Gasteiger partial charge in [0.05, 0.1) is 41.6 Å². The van der Waals surface area contributed by atoms with E-state index >= 15 is 0 Å². The van der Waals surface area contributed by atoms with Crippen LogP contribution in [0.1, 0.15) is 9.80 Å². The summed E-state index contributed by atoms with van der Waals surface area (Å²) < 4.78 is 8.29. The van der Waals surface area contributed by atoms with Crippen LogP contribution in [0.25, 0.3) is 21.3 Å². The molecule has 1 saturated heterocycles. The minimum absolute atomic E-state index is 0.175. The lowest BCUT2D eigenvalue weighted by atomic mass is 10.3. The van der Waals surface area contributed by atoms with Crippen molar-refractivity contribution in [2.24, 2.45) is 0 Å². The first-order valence-corrected chi connectivity index (χ1v) is 12.0. The lowest BCUT2D eigenvalue weighted by Crippen LogP contribution is -2.37. The van der Waals surface area contributed by atoms with Gasteiger partial charge in [-0.1, -0.05) is 23.9 Å². The zero-order chi connectivity index (χ0) is 21.2. The number of carbonyl (C=O) groups excluding carboxylic acids is 1. The van der Waals surface area contributed by atoms with Gasteiger partial charge in [-0.05, 0) is 18.4 Å². The molecule has 160 valence electrons. The van der Waals surface area contributed by atoms with Gasteiger partial charge in [0, 0.05) is 19.6 Å². The van der Waals surface area contributed by atoms with Gasteiger partial charge in [-0.15, -0.1) is 11.3 Å². The van der Waals surface area contributed by atoms with Crippen molar-refractivity contribution in [3.63, 3.8) is 0 Å². The molecule has 1 fully saturated rings. The normalized spacial score (nSPS) is 14.4. The molecule has 31 heavy (non-hydrogen) atoms. The number of rotatable bonds is 6. The van der Waals surface area contributed by atoms with Crippen LogP contribution in [0, 0.1) is 0 Å². The maximum atomic E-state index is 12.5. The van der Waals surface area contributed by atoms with Gasteiger partial charge in [0.2, 0.25) is 0 Å². The van der Waals surface area contributed by atoms with Crippen LogP contribution in [0.2, 0.25) is 0 Å². The Kier molecular flexibility index (Phi) is 5.70. The van der Waals surface area contributed by atoms with E-state index in [2.05, 4.69) is 25.3 Å². The molecule has 1 aliphatic heterocycles. The van der Waals surface area contributed by atoms with Gasteiger partial charge in [-0.2, -0.15) is 5.10 Å². The van der Waals surface area contributed by atoms with Crippen LogP contribution in [0.3, 0.4) is 0 Å². The third-order valence-electron chi connectivity index (χ3n) is 5.05. The zero-order valence-corrected chi connectivity index (χ0v) is 18.6. The first-order valence-electron chi connectivity index (χ1n) is 9.97. The maximum Gasteiger partial charge on any atom is 0.280 e. The maximum absolute atomic E-state index is 12.5. The molecule has 1 aliphatic rings. The lowest BCUT2D eigenvalue weighted by molar-refractivity contribution is 0.0952. The minimum atomic E-state index is -0.175. The molecule has 0 unspecified atom stereocenters. The standard InChI is InChI=1S/C20H21N7O2S2/c1-30-20-24-16(26-8-10-29-11-9-26)13-12-22-27(17(13)25-20)7-6-21-18(28)19-23-14-4-2-3-5-15(14)31-19/h2-5,12H,6-11H2,1H3,(H,21,28). The Hall–Kier alpha value is -2.76. The second-order valence-electron chi connectivity index (χ2n) is 6.98. The van der Waals surface area contributed by atoms with E-state index in [0.717, 1.165) is 40.2 Å². The van der Waals surface area contributed by atoms with Crippen LogP contribution in [0.15, 0.2) is 35.6 Å². The summed E-state index contributed by atoms with van der Waals surface area (Å²) in [5, 5.41) is 9.54. The van der Waals surface area contributed by atoms with Crippen LogP contribution in [0.4, 0.5) is 5.82 Å². The Balaban J connectivity index is 1.32. The molecular formula is C20H21N7O2S2. The molecule has 3 aromatic heterocycles. The summed E-state index contributed by atoms with van der Waals surface area (Å²) in [5.74, 6) is 0.716. The van der Waals surface area contributed by atoms with E-state index in [1.807, 2.05) is 35.2 Å². The van der Waals surface area contributed by atoms with Gasteiger partial charge in [-0.25, -0.2) is 19.6 Å². The van der Waals surface area contributed by atoms with Crippen molar-refractivity contribution in [1.29, 1.82) is 0 Å². The number of anilines is 1. The van der Waals surface area contributed by atoms with Crippen LogP contribution < -0.4 is 10.2 Å². The molecule has 0 saturated carbocycles. The molecule has 0 atom stereocenters. The number of fused-ring (bicyclic) bond motifs is 2. The SMILES string of the molecule is CSc1nc(N2CCOCC2)c2cnn(CCNC(=O)c3nc4ccccc4s3)c2n1. The first kappa shape index (κ1) is 20.2. The smallest absolute Gasteiger partial charge is 0.280 e. The molecule has 4 heterocycles. The highest BCUT2D eigenvalue weighted by Crippen LogP contribution is 2.27. The fraction of sp³-hybridized carbons (Fsp3) is 0.350. The third kappa shape index (κ3) is 4.08. The predicted octanol–water partition coefficient (Wildman–Crippen LogP) is 2.42. The van der Waals surface area contributed by atoms with Crippen molar-refractivity contribution < 1.29 is 9.53 Å². The topological polar surface area (TPSA) is 98.1 Å². The Morgan fingerprint density at radius 3 is 2.87 bits per heavy atom. The largest absolute Gasteiger partial charge is 0.378 e. The van der Waals surface area contributed by atoms with Crippen molar-refractivity contribution >= 4 is 56.1 Å². The predicted molar refractivity (Wildman–Crippen MR) is 122 cm³/mol. The number of nitrogens with one attached hydrogen (secondary N) is 1. The number of ether oxygens (including phenoxy) is 1. The van der Waals surface area contributed by atoms with E-state index in [-0.39, 0.29) is 5.91 Å². The van der Waals surface area contributed by atoms with Crippen LogP contribution in [-0.4, -0.2) is 69.7 Å². The Morgan fingerprint density at radius 2 is 2.06 bits per heavy atom. The van der Waals surface area contributed by atoms with Crippen molar-refractivity contribution in [1.82, 2.24) is 30.0 Å². The number of amides is 1. The van der Waals surface area contributed by atoms with Gasteiger partial charge in [0.15, 0.2) is 15.8 Å². The average molecular weight is 456 g/mol. The molecule has 1 aromatic carbocycles. The fourth-order valence-electron chi connectivity index (χ4n) is 3.51. The van der Waals surface area contributed by atoms with E-state index < -0.39 is 0 Å². The average Bonchev–Trinajstić information content (AvgIpc) is 3.43. The molecule has 1 amide bonds. The highest BCUT2D eigenvalue weighted by Gasteiger charge is 2.20. The molecule has 11 heteroatoms. The van der Waals surface area contributed by atoms with E-state index in [1.54, 1.807) is 6.20 Å². The summed E-state index contributed by atoms with van der Waals surface area (Å²) in [4.78, 5) is 28.5. The summed E-state index contributed by atoms with van der Waals surface area (Å²) in [6.07, 6.45) is 3.77. The van der Waals surface area contributed by atoms with Crippen molar-refractivity contribution in [3.8, 4) is 0 Å². The van der Waals surface area contributed by atoms with Gasteiger partial charge in [-0.3, -0.25) is 4.79 Å². The van der Waals surface area contributed by atoms with E-state index in [1.165, 1.54) is 23.1 Å². The Bertz CT molecular complexity index is 1200. The van der Waals surface area contributed by atoms with Crippen LogP contribution >= 0.6 is 23.1 Å². The molecule has 0 bridgehead atoms. The monoisotopic (exact) mass is 455 g/mol. The molecule has 9 nitrogen and oxygen atoms in total. The number of thiazole rings is 1. The highest BCUT2D eigenvalue weighted by atomic mass is 32.2. The van der Waals surface area contributed by atoms with E-state index in [4.69, 9.17) is 9.72 Å². The summed E-state index contributed by atoms with van der Waals surface area (Å²) in [6.45, 7) is 3.90. The number of para-hydroxylation sites is 1. The summed E-state index contributed by atoms with van der Waals surface area (Å²) in [6, 6.07) is 7.74. The van der Waals surface area contributed by atoms with Crippen LogP contribution in [0.5, 0.6) is 0 Å².